The van der Waals surface area contributed by atoms with Gasteiger partial charge in [0.15, 0.2) is 11.8 Å². The molecule has 0 aromatic carbocycles. The second-order valence-electron chi connectivity index (χ2n) is 4.57. The number of aromatic nitrogens is 2. The summed E-state index contributed by atoms with van der Waals surface area (Å²) in [6.07, 6.45) is 5.21. The molecule has 0 unspecified atom stereocenters. The van der Waals surface area contributed by atoms with Crippen LogP contribution in [0.3, 0.4) is 0 Å². The van der Waals surface area contributed by atoms with Gasteiger partial charge in [0.2, 0.25) is 11.9 Å². The highest BCUT2D eigenvalue weighted by Crippen LogP contribution is 1.92. The Balaban J connectivity index is 0.00000288. The van der Waals surface area contributed by atoms with Crippen molar-refractivity contribution in [1.82, 2.24) is 4.57 Å². The summed E-state index contributed by atoms with van der Waals surface area (Å²) in [4.78, 5) is 0. The number of pyridine rings is 2. The Labute approximate surface area is 145 Å². The van der Waals surface area contributed by atoms with E-state index in [1.807, 2.05) is 30.5 Å². The molecule has 9 heteroatoms. The van der Waals surface area contributed by atoms with E-state index in [9.17, 15) is 5.21 Å². The Hall–Kier alpha value is -2.58. The number of azo groups is 1. The van der Waals surface area contributed by atoms with Crippen LogP contribution in [0.4, 0.5) is 0 Å². The number of nitrogens with zero attached hydrogens (tertiary/aromatic N) is 6. The van der Waals surface area contributed by atoms with Crippen LogP contribution in [0.1, 0.15) is 5.69 Å². The fraction of sp³-hybridized carbons (Fsp3) is 0.267. The first-order chi connectivity index (χ1) is 11.3. The van der Waals surface area contributed by atoms with E-state index < -0.39 is 0 Å². The first-order valence-corrected chi connectivity index (χ1v) is 7.18. The Bertz CT molecular complexity index is 744. The molecule has 0 fully saturated rings. The number of rotatable bonds is 7. The van der Waals surface area contributed by atoms with Crippen molar-refractivity contribution in [3.05, 3.63) is 60.0 Å². The van der Waals surface area contributed by atoms with Gasteiger partial charge in [-0.15, -0.1) is 15.3 Å². The zero-order chi connectivity index (χ0) is 16.3. The summed E-state index contributed by atoms with van der Waals surface area (Å²) in [6, 6.07) is 10.9. The van der Waals surface area contributed by atoms with Gasteiger partial charge in [0, 0.05) is 29.6 Å². The van der Waals surface area contributed by atoms with Crippen molar-refractivity contribution in [3.63, 3.8) is 0 Å². The molecule has 24 heavy (non-hydrogen) atoms. The maximum Gasteiger partial charge on any atom is 0.236 e. The minimum atomic E-state index is 0. The predicted octanol–water partition coefficient (Wildman–Crippen LogP) is -2.45. The molecule has 0 aliphatic heterocycles. The van der Waals surface area contributed by atoms with Crippen LogP contribution in [0, 0.1) is 0 Å². The maximum atomic E-state index is 9.53. The summed E-state index contributed by atoms with van der Waals surface area (Å²) in [7, 11) is 0. The van der Waals surface area contributed by atoms with Crippen molar-refractivity contribution >= 4 is 6.34 Å². The van der Waals surface area contributed by atoms with Gasteiger partial charge in [-0.2, -0.15) is 5.11 Å². The van der Waals surface area contributed by atoms with Crippen molar-refractivity contribution < 1.29 is 27.5 Å². The minimum absolute atomic E-state index is 0. The molecule has 0 saturated heterocycles. The molecule has 0 atom stereocenters. The summed E-state index contributed by atoms with van der Waals surface area (Å²) >= 11 is 0. The molecule has 2 aromatic heterocycles. The van der Waals surface area contributed by atoms with Crippen LogP contribution in [0.5, 0.6) is 0 Å². The molecular weight excluding hydrogens is 332 g/mol. The largest absolute Gasteiger partial charge is 1.00 e. The first kappa shape index (κ1) is 19.5. The molecule has 2 rings (SSSR count). The van der Waals surface area contributed by atoms with Crippen LogP contribution in [-0.2, 0) is 13.0 Å². The number of aliphatic hydroxyl groups is 1. The molecule has 0 bridgehead atoms. The average Bonchev–Trinajstić information content (AvgIpc) is 2.57. The van der Waals surface area contributed by atoms with E-state index in [1.54, 1.807) is 22.9 Å². The van der Waals surface area contributed by atoms with Gasteiger partial charge in [-0.25, -0.2) is 0 Å². The maximum absolute atomic E-state index is 9.53. The fourth-order valence-electron chi connectivity index (χ4n) is 1.89. The first-order valence-electron chi connectivity index (χ1n) is 7.18. The smallest absolute Gasteiger partial charge is 0.236 e. The average molecular weight is 351 g/mol. The van der Waals surface area contributed by atoms with Crippen molar-refractivity contribution in [2.75, 3.05) is 13.2 Å². The zero-order valence-corrected chi connectivity index (χ0v) is 13.7. The fourth-order valence-corrected chi connectivity index (χ4v) is 1.89. The Morgan fingerprint density at radius 2 is 2.00 bits per heavy atom. The van der Waals surface area contributed by atoms with Crippen molar-refractivity contribution in [2.45, 2.75) is 13.0 Å². The SMILES string of the molecule is OCCn1ccccc1=NN=CN=NCCc1cccc[n+]1O.[Cl-]. The lowest BCUT2D eigenvalue weighted by Crippen LogP contribution is -3.00. The van der Waals surface area contributed by atoms with Crippen LogP contribution < -0.4 is 22.6 Å². The molecule has 2 aromatic rings. The van der Waals surface area contributed by atoms with E-state index in [4.69, 9.17) is 5.11 Å². The Morgan fingerprint density at radius 3 is 2.79 bits per heavy atom. The lowest BCUT2D eigenvalue weighted by Gasteiger charge is -2.02. The molecule has 0 spiro atoms. The third kappa shape index (κ3) is 6.27. The topological polar surface area (TPSA) is 98.7 Å². The molecular formula is C15H19ClN6O2. The summed E-state index contributed by atoms with van der Waals surface area (Å²) in [5.41, 5.74) is 1.38. The molecule has 2 N–H and O–H groups in total. The molecule has 128 valence electrons. The van der Waals surface area contributed by atoms with E-state index in [2.05, 4.69) is 20.4 Å². The number of halogens is 1. The molecule has 8 nitrogen and oxygen atoms in total. The van der Waals surface area contributed by atoms with Crippen LogP contribution >= 0.6 is 0 Å². The van der Waals surface area contributed by atoms with Gasteiger partial charge in [-0.05, 0) is 18.2 Å². The second kappa shape index (κ2) is 11.0. The number of aliphatic hydroxyl groups excluding tert-OH is 1. The highest BCUT2D eigenvalue weighted by Gasteiger charge is 2.06. The van der Waals surface area contributed by atoms with Gasteiger partial charge < -0.3 is 22.1 Å². The molecule has 0 aliphatic carbocycles. The molecule has 0 saturated carbocycles. The zero-order valence-electron chi connectivity index (χ0n) is 13.0. The van der Waals surface area contributed by atoms with Crippen LogP contribution in [0.15, 0.2) is 69.2 Å². The van der Waals surface area contributed by atoms with Gasteiger partial charge >= 0.3 is 0 Å². The van der Waals surface area contributed by atoms with Crippen molar-refractivity contribution in [1.29, 1.82) is 0 Å². The number of hydrogen-bond donors (Lipinski definition) is 2. The second-order valence-corrected chi connectivity index (χ2v) is 4.57. The van der Waals surface area contributed by atoms with Crippen LogP contribution in [0.25, 0.3) is 0 Å². The summed E-state index contributed by atoms with van der Waals surface area (Å²) in [6.45, 7) is 0.923. The lowest BCUT2D eigenvalue weighted by atomic mass is 10.3. The van der Waals surface area contributed by atoms with Gasteiger partial charge in [-0.3, -0.25) is 5.21 Å². The Morgan fingerprint density at radius 1 is 1.17 bits per heavy atom. The summed E-state index contributed by atoms with van der Waals surface area (Å²) < 4.78 is 2.85. The molecule has 0 radical (unpaired) electrons. The van der Waals surface area contributed by atoms with Crippen molar-refractivity contribution in [2.24, 2.45) is 20.4 Å². The van der Waals surface area contributed by atoms with Crippen molar-refractivity contribution in [3.8, 4) is 0 Å². The summed E-state index contributed by atoms with van der Waals surface area (Å²) in [5, 5.41) is 34.1. The van der Waals surface area contributed by atoms with Crippen LogP contribution in [-0.4, -0.2) is 34.4 Å². The molecule has 2 heterocycles. The van der Waals surface area contributed by atoms with Gasteiger partial charge in [-0.1, -0.05) is 6.07 Å². The third-order valence-electron chi connectivity index (χ3n) is 2.99. The van der Waals surface area contributed by atoms with Gasteiger partial charge in [0.1, 0.15) is 0 Å². The van der Waals surface area contributed by atoms with E-state index in [0.29, 0.717) is 25.0 Å². The molecule has 0 aliphatic rings. The van der Waals surface area contributed by atoms with E-state index in [0.717, 1.165) is 10.4 Å². The standard InChI is InChI=1S/C15H19N6O2.ClH/c22-12-11-20-9-3-2-6-15(20)19-18-13-17-16-8-7-14-5-1-4-10-21(14)23;/h1-6,9-10,13,22-23H,7-8,11-12H2;1H/q+1;/p-1. The highest BCUT2D eigenvalue weighted by atomic mass is 35.5. The Kier molecular flexibility index (Phi) is 8.95. The van der Waals surface area contributed by atoms with E-state index in [1.165, 1.54) is 6.34 Å². The van der Waals surface area contributed by atoms with E-state index in [-0.39, 0.29) is 19.0 Å². The normalized spacial score (nSPS) is 12.0. The third-order valence-corrected chi connectivity index (χ3v) is 2.99. The highest BCUT2D eigenvalue weighted by molar-refractivity contribution is 5.53. The van der Waals surface area contributed by atoms with E-state index >= 15 is 0 Å². The predicted molar refractivity (Wildman–Crippen MR) is 82.8 cm³/mol. The van der Waals surface area contributed by atoms with Gasteiger partial charge in [0.05, 0.1) is 19.6 Å². The quantitative estimate of drug-likeness (QED) is 0.145. The van der Waals surface area contributed by atoms with Crippen LogP contribution in [0.2, 0.25) is 0 Å². The lowest BCUT2D eigenvalue weighted by molar-refractivity contribution is -0.909. The number of hydrogen-bond acceptors (Lipinski definition) is 5. The molecule has 0 amide bonds. The summed E-state index contributed by atoms with van der Waals surface area (Å²) in [5.74, 6) is 0. The van der Waals surface area contributed by atoms with Gasteiger partial charge in [0.25, 0.3) is 0 Å². The monoisotopic (exact) mass is 350 g/mol. The minimum Gasteiger partial charge on any atom is -1.00 e.